The van der Waals surface area contributed by atoms with Gasteiger partial charge >= 0.3 is 0 Å². The van der Waals surface area contributed by atoms with Crippen molar-refractivity contribution in [2.45, 2.75) is 58.4 Å². The topological polar surface area (TPSA) is 38.7 Å². The highest BCUT2D eigenvalue weighted by Gasteiger charge is 2.29. The molecule has 0 bridgehead atoms. The van der Waals surface area contributed by atoms with Crippen LogP contribution in [0.25, 0.3) is 0 Å². The molecule has 0 amide bonds. The van der Waals surface area contributed by atoms with Gasteiger partial charge in [-0.05, 0) is 60.6 Å². The minimum absolute atomic E-state index is 0.0380. The first-order chi connectivity index (χ1) is 12.6. The third kappa shape index (κ3) is 4.13. The number of ether oxygens (including phenoxy) is 1. The fraction of sp³-hybridized carbons (Fsp3) is 0.417. The zero-order chi connectivity index (χ0) is 19.8. The summed E-state index contributed by atoms with van der Waals surface area (Å²) in [4.78, 5) is 18.0. The lowest BCUT2D eigenvalue weighted by molar-refractivity contribution is 0.0997. The molecule has 1 aliphatic heterocycles. The third-order valence-electron chi connectivity index (χ3n) is 5.08. The number of aliphatic imine (C=N–C) groups is 1. The van der Waals surface area contributed by atoms with Crippen molar-refractivity contribution < 1.29 is 9.53 Å². The molecule has 0 fully saturated rings. The Morgan fingerprint density at radius 3 is 2.52 bits per heavy atom. The highest BCUT2D eigenvalue weighted by atomic mass is 16.5. The summed E-state index contributed by atoms with van der Waals surface area (Å²) < 4.78 is 5.37. The van der Waals surface area contributed by atoms with Crippen LogP contribution >= 0.6 is 0 Å². The normalized spacial score (nSPS) is 15.7. The second kappa shape index (κ2) is 6.95. The first-order valence-corrected chi connectivity index (χ1v) is 9.49. The monoisotopic (exact) mass is 363 g/mol. The van der Waals surface area contributed by atoms with E-state index in [9.17, 15) is 4.79 Å². The molecule has 27 heavy (non-hydrogen) atoms. The second-order valence-electron chi connectivity index (χ2n) is 8.97. The van der Waals surface area contributed by atoms with Gasteiger partial charge in [-0.2, -0.15) is 0 Å². The van der Waals surface area contributed by atoms with Gasteiger partial charge in [0, 0.05) is 0 Å². The van der Waals surface area contributed by atoms with E-state index in [4.69, 9.17) is 9.73 Å². The maximum Gasteiger partial charge on any atom is 0.172 e. The van der Waals surface area contributed by atoms with Crippen LogP contribution in [0.3, 0.4) is 0 Å². The number of Topliss-reactive ketones (excluding diaryl/α,β-unsaturated/α-hetero) is 1. The van der Waals surface area contributed by atoms with Gasteiger partial charge in [-0.3, -0.25) is 9.79 Å². The van der Waals surface area contributed by atoms with E-state index in [-0.39, 0.29) is 23.2 Å². The Morgan fingerprint density at radius 1 is 1.15 bits per heavy atom. The first kappa shape index (κ1) is 19.3. The lowest BCUT2D eigenvalue weighted by Crippen LogP contribution is -2.30. The maximum atomic E-state index is 13.0. The van der Waals surface area contributed by atoms with Crippen LogP contribution in [0.5, 0.6) is 5.75 Å². The fourth-order valence-electron chi connectivity index (χ4n) is 3.65. The van der Waals surface area contributed by atoms with E-state index in [2.05, 4.69) is 52.8 Å². The highest BCUT2D eigenvalue weighted by molar-refractivity contribution is 6.17. The van der Waals surface area contributed by atoms with E-state index in [1.807, 2.05) is 24.3 Å². The number of methoxy groups -OCH3 is 1. The summed E-state index contributed by atoms with van der Waals surface area (Å²) >= 11 is 0. The molecular formula is C24H29NO2. The van der Waals surface area contributed by atoms with Gasteiger partial charge in [0.1, 0.15) is 5.75 Å². The van der Waals surface area contributed by atoms with Gasteiger partial charge < -0.3 is 4.74 Å². The minimum Gasteiger partial charge on any atom is -0.496 e. The quantitative estimate of drug-likeness (QED) is 0.683. The number of benzene rings is 2. The summed E-state index contributed by atoms with van der Waals surface area (Å²) in [6.07, 6.45) is 1.17. The van der Waals surface area contributed by atoms with E-state index in [0.717, 1.165) is 17.7 Å². The molecule has 0 spiro atoms. The first-order valence-electron chi connectivity index (χ1n) is 9.49. The third-order valence-corrected chi connectivity index (χ3v) is 5.08. The number of fused-ring (bicyclic) bond motifs is 1. The second-order valence-corrected chi connectivity index (χ2v) is 8.97. The zero-order valence-corrected chi connectivity index (χ0v) is 17.2. The molecule has 0 saturated carbocycles. The Labute approximate surface area is 162 Å². The van der Waals surface area contributed by atoms with Crippen LogP contribution in [-0.2, 0) is 11.8 Å². The van der Waals surface area contributed by atoms with Crippen LogP contribution in [0.15, 0.2) is 47.5 Å². The van der Waals surface area contributed by atoms with Crippen LogP contribution in [0.1, 0.15) is 68.1 Å². The number of ketones is 1. The smallest absolute Gasteiger partial charge is 0.172 e. The molecule has 3 heteroatoms. The van der Waals surface area contributed by atoms with E-state index in [0.29, 0.717) is 11.3 Å². The van der Waals surface area contributed by atoms with Gasteiger partial charge in [0.15, 0.2) is 5.78 Å². The van der Waals surface area contributed by atoms with Gasteiger partial charge in [-0.1, -0.05) is 45.0 Å². The summed E-state index contributed by atoms with van der Waals surface area (Å²) in [6.45, 7) is 10.9. The fourth-order valence-corrected chi connectivity index (χ4v) is 3.65. The summed E-state index contributed by atoms with van der Waals surface area (Å²) in [5.41, 5.74) is 4.99. The molecule has 142 valence electrons. The summed E-state index contributed by atoms with van der Waals surface area (Å²) in [6, 6.07) is 14.0. The van der Waals surface area contributed by atoms with Crippen molar-refractivity contribution >= 4 is 11.5 Å². The number of hydrogen-bond donors (Lipinski definition) is 0. The van der Waals surface area contributed by atoms with Gasteiger partial charge in [0.05, 0.1) is 30.3 Å². The molecule has 0 saturated heterocycles. The van der Waals surface area contributed by atoms with Crippen LogP contribution in [0, 0.1) is 0 Å². The van der Waals surface area contributed by atoms with E-state index >= 15 is 0 Å². The molecule has 2 aromatic rings. The van der Waals surface area contributed by atoms with Gasteiger partial charge in [-0.15, -0.1) is 0 Å². The Balaban J connectivity index is 2.01. The maximum absolute atomic E-state index is 13.0. The molecule has 1 heterocycles. The number of carbonyl (C=O) groups is 1. The van der Waals surface area contributed by atoms with Crippen molar-refractivity contribution in [1.29, 1.82) is 0 Å². The number of para-hydroxylation sites is 1. The Hall–Kier alpha value is -2.42. The molecule has 0 radical (unpaired) electrons. The molecule has 0 N–H and O–H groups in total. The number of carbonyl (C=O) groups excluding carboxylic acids is 1. The zero-order valence-electron chi connectivity index (χ0n) is 17.2. The van der Waals surface area contributed by atoms with Crippen molar-refractivity contribution in [2.24, 2.45) is 4.99 Å². The average Bonchev–Trinajstić information content (AvgIpc) is 2.59. The van der Waals surface area contributed by atoms with Crippen LogP contribution in [0.2, 0.25) is 0 Å². The predicted octanol–water partition coefficient (Wildman–Crippen LogP) is 5.39. The molecule has 0 unspecified atom stereocenters. The standard InChI is InChI=1S/C24H29NO2/c1-23(2,3)17-12-11-16-15-24(4,5)25-20(19(16)13-17)14-21(26)18-9-7-8-10-22(18)27-6/h7-13H,14-15H2,1-6H3. The Bertz CT molecular complexity index is 901. The average molecular weight is 364 g/mol. The molecular weight excluding hydrogens is 334 g/mol. The highest BCUT2D eigenvalue weighted by Crippen LogP contribution is 2.32. The Morgan fingerprint density at radius 2 is 1.85 bits per heavy atom. The molecule has 0 aromatic heterocycles. The van der Waals surface area contributed by atoms with Crippen molar-refractivity contribution in [1.82, 2.24) is 0 Å². The van der Waals surface area contributed by atoms with Crippen LogP contribution in [0.4, 0.5) is 0 Å². The molecule has 1 aliphatic rings. The van der Waals surface area contributed by atoms with Crippen LogP contribution in [-0.4, -0.2) is 24.1 Å². The van der Waals surface area contributed by atoms with Crippen molar-refractivity contribution in [2.75, 3.05) is 7.11 Å². The van der Waals surface area contributed by atoms with Crippen molar-refractivity contribution in [3.8, 4) is 5.75 Å². The van der Waals surface area contributed by atoms with E-state index in [1.165, 1.54) is 11.1 Å². The molecule has 3 nitrogen and oxygen atoms in total. The molecule has 2 aromatic carbocycles. The lowest BCUT2D eigenvalue weighted by atomic mass is 9.80. The summed E-state index contributed by atoms with van der Waals surface area (Å²) in [5, 5.41) is 0. The predicted molar refractivity (Wildman–Crippen MR) is 111 cm³/mol. The Kier molecular flexibility index (Phi) is 4.98. The van der Waals surface area contributed by atoms with E-state index in [1.54, 1.807) is 7.11 Å². The van der Waals surface area contributed by atoms with Crippen molar-refractivity contribution in [3.05, 3.63) is 64.7 Å². The largest absolute Gasteiger partial charge is 0.496 e. The number of rotatable bonds is 4. The minimum atomic E-state index is -0.202. The van der Waals surface area contributed by atoms with Crippen molar-refractivity contribution in [3.63, 3.8) is 0 Å². The SMILES string of the molecule is COc1ccccc1C(=O)CC1=NC(C)(C)Cc2ccc(C(C)(C)C)cc21. The molecule has 0 atom stereocenters. The summed E-state index contributed by atoms with van der Waals surface area (Å²) in [7, 11) is 1.60. The van der Waals surface area contributed by atoms with E-state index < -0.39 is 0 Å². The lowest BCUT2D eigenvalue weighted by Gasteiger charge is -2.31. The van der Waals surface area contributed by atoms with Gasteiger partial charge in [0.25, 0.3) is 0 Å². The number of nitrogens with zero attached hydrogens (tertiary/aromatic N) is 1. The molecule has 3 rings (SSSR count). The van der Waals surface area contributed by atoms with Gasteiger partial charge in [0.2, 0.25) is 0 Å². The summed E-state index contributed by atoms with van der Waals surface area (Å²) in [5.74, 6) is 0.651. The molecule has 0 aliphatic carbocycles. The number of hydrogen-bond acceptors (Lipinski definition) is 3. The van der Waals surface area contributed by atoms with Gasteiger partial charge in [-0.25, -0.2) is 0 Å². The van der Waals surface area contributed by atoms with Crippen LogP contribution < -0.4 is 4.74 Å².